The third-order valence-corrected chi connectivity index (χ3v) is 4.77. The molecule has 5 nitrogen and oxygen atoms in total. The number of rotatable bonds is 4. The van der Waals surface area contributed by atoms with Crippen LogP contribution in [0.25, 0.3) is 0 Å². The first kappa shape index (κ1) is 14.3. The van der Waals surface area contributed by atoms with Crippen molar-refractivity contribution >= 4 is 5.91 Å². The van der Waals surface area contributed by atoms with Gasteiger partial charge in [-0.3, -0.25) is 4.79 Å². The summed E-state index contributed by atoms with van der Waals surface area (Å²) in [5, 5.41) is 6.69. The summed E-state index contributed by atoms with van der Waals surface area (Å²) in [5.74, 6) is 1.41. The first-order valence-corrected chi connectivity index (χ1v) is 8.18. The normalized spacial score (nSPS) is 25.5. The summed E-state index contributed by atoms with van der Waals surface area (Å²) >= 11 is 0. The minimum Gasteiger partial charge on any atom is -0.441 e. The molecule has 3 unspecified atom stereocenters. The van der Waals surface area contributed by atoms with Gasteiger partial charge in [0.2, 0.25) is 0 Å². The van der Waals surface area contributed by atoms with Crippen LogP contribution in [0, 0.1) is 6.92 Å². The van der Waals surface area contributed by atoms with Gasteiger partial charge in [0.15, 0.2) is 5.88 Å². The van der Waals surface area contributed by atoms with Crippen LogP contribution in [0.5, 0.6) is 11.6 Å². The second-order valence-corrected chi connectivity index (χ2v) is 6.50. The van der Waals surface area contributed by atoms with Crippen LogP contribution in [0.1, 0.15) is 35.3 Å². The summed E-state index contributed by atoms with van der Waals surface area (Å²) in [4.78, 5) is 15.5. The van der Waals surface area contributed by atoms with E-state index in [0.29, 0.717) is 29.3 Å². The molecule has 2 bridgehead atoms. The maximum atomic E-state index is 12.4. The predicted molar refractivity (Wildman–Crippen MR) is 87.9 cm³/mol. The molecule has 1 aromatic heterocycles. The van der Waals surface area contributed by atoms with Gasteiger partial charge in [-0.2, -0.15) is 0 Å². The van der Waals surface area contributed by atoms with E-state index >= 15 is 0 Å². The zero-order valence-corrected chi connectivity index (χ0v) is 13.1. The van der Waals surface area contributed by atoms with Crippen LogP contribution in [0.15, 0.2) is 36.4 Å². The fraction of sp³-hybridized carbons (Fsp3) is 0.389. The minimum atomic E-state index is -0.00776. The maximum absolute atomic E-state index is 12.4. The average molecular weight is 311 g/mol. The number of H-pyrrole nitrogens is 1. The molecule has 23 heavy (non-hydrogen) atoms. The number of hydrogen-bond donors (Lipinski definition) is 3. The molecule has 1 aromatic carbocycles. The van der Waals surface area contributed by atoms with E-state index in [9.17, 15) is 4.79 Å². The SMILES string of the molecule is Cc1ccc(Oc2ccc(C(=O)NC3CC4CCC3N4)cc2)[nH]1. The summed E-state index contributed by atoms with van der Waals surface area (Å²) in [5.41, 5.74) is 1.72. The monoisotopic (exact) mass is 311 g/mol. The molecule has 3 heterocycles. The Morgan fingerprint density at radius 2 is 2.00 bits per heavy atom. The Kier molecular flexibility index (Phi) is 3.58. The number of carbonyl (C=O) groups excluding carboxylic acids is 1. The number of aromatic amines is 1. The number of amides is 1. The number of aromatic nitrogens is 1. The standard InChI is InChI=1S/C18H21N3O2/c1-11-2-9-17(19-11)23-14-6-3-12(4-7-14)18(22)21-16-10-13-5-8-15(16)20-13/h2-4,6-7,9,13,15-16,19-20H,5,8,10H2,1H3,(H,21,22). The Bertz CT molecular complexity index is 707. The van der Waals surface area contributed by atoms with E-state index in [0.717, 1.165) is 18.5 Å². The summed E-state index contributed by atoms with van der Waals surface area (Å²) in [6.45, 7) is 1.98. The van der Waals surface area contributed by atoms with E-state index in [-0.39, 0.29) is 11.9 Å². The lowest BCUT2D eigenvalue weighted by molar-refractivity contribution is 0.0931. The van der Waals surface area contributed by atoms with E-state index in [2.05, 4.69) is 15.6 Å². The molecule has 0 aliphatic carbocycles. The fourth-order valence-corrected chi connectivity index (χ4v) is 3.57. The van der Waals surface area contributed by atoms with Crippen molar-refractivity contribution < 1.29 is 9.53 Å². The molecular formula is C18H21N3O2. The van der Waals surface area contributed by atoms with E-state index in [4.69, 9.17) is 4.74 Å². The molecule has 2 saturated heterocycles. The van der Waals surface area contributed by atoms with Crippen LogP contribution in [0.4, 0.5) is 0 Å². The van der Waals surface area contributed by atoms with Crippen LogP contribution in [-0.2, 0) is 0 Å². The van der Waals surface area contributed by atoms with E-state index in [1.165, 1.54) is 6.42 Å². The third-order valence-electron chi connectivity index (χ3n) is 4.77. The lowest BCUT2D eigenvalue weighted by Gasteiger charge is -2.21. The van der Waals surface area contributed by atoms with Gasteiger partial charge in [-0.15, -0.1) is 0 Å². The summed E-state index contributed by atoms with van der Waals surface area (Å²) in [7, 11) is 0. The molecule has 4 rings (SSSR count). The van der Waals surface area contributed by atoms with Crippen molar-refractivity contribution in [3.8, 4) is 11.6 Å². The molecule has 3 N–H and O–H groups in total. The zero-order chi connectivity index (χ0) is 15.8. The van der Waals surface area contributed by atoms with Crippen molar-refractivity contribution in [1.29, 1.82) is 0 Å². The highest BCUT2D eigenvalue weighted by atomic mass is 16.5. The Hall–Kier alpha value is -2.27. The van der Waals surface area contributed by atoms with Crippen molar-refractivity contribution in [2.45, 2.75) is 44.3 Å². The van der Waals surface area contributed by atoms with Crippen LogP contribution < -0.4 is 15.4 Å². The Balaban J connectivity index is 1.38. The van der Waals surface area contributed by atoms with Gasteiger partial charge in [0, 0.05) is 35.4 Å². The lowest BCUT2D eigenvalue weighted by Crippen LogP contribution is -2.42. The number of benzene rings is 1. The van der Waals surface area contributed by atoms with E-state index in [1.807, 2.05) is 31.2 Å². The van der Waals surface area contributed by atoms with Gasteiger partial charge in [0.05, 0.1) is 0 Å². The molecule has 1 amide bonds. The summed E-state index contributed by atoms with van der Waals surface area (Å²) < 4.78 is 5.71. The summed E-state index contributed by atoms with van der Waals surface area (Å²) in [6, 6.07) is 12.4. The molecule has 0 radical (unpaired) electrons. The molecule has 3 atom stereocenters. The number of fused-ring (bicyclic) bond motifs is 2. The summed E-state index contributed by atoms with van der Waals surface area (Å²) in [6.07, 6.45) is 3.45. The number of hydrogen-bond acceptors (Lipinski definition) is 3. The predicted octanol–water partition coefficient (Wildman–Crippen LogP) is 2.74. The highest BCUT2D eigenvalue weighted by molar-refractivity contribution is 5.94. The van der Waals surface area contributed by atoms with Crippen molar-refractivity contribution in [2.75, 3.05) is 0 Å². The molecule has 120 valence electrons. The van der Waals surface area contributed by atoms with Crippen molar-refractivity contribution in [3.05, 3.63) is 47.7 Å². The van der Waals surface area contributed by atoms with Gasteiger partial charge in [0.1, 0.15) is 5.75 Å². The number of aryl methyl sites for hydroxylation is 1. The molecule has 2 aliphatic rings. The minimum absolute atomic E-state index is 0.00776. The van der Waals surface area contributed by atoms with Gasteiger partial charge >= 0.3 is 0 Å². The first-order chi connectivity index (χ1) is 11.2. The molecule has 2 aromatic rings. The average Bonchev–Trinajstić information content (AvgIpc) is 3.25. The van der Waals surface area contributed by atoms with Gasteiger partial charge in [-0.05, 0) is 56.5 Å². The highest BCUT2D eigenvalue weighted by Crippen LogP contribution is 2.28. The Labute approximate surface area is 135 Å². The van der Waals surface area contributed by atoms with Gasteiger partial charge in [0.25, 0.3) is 5.91 Å². The van der Waals surface area contributed by atoms with E-state index in [1.54, 1.807) is 12.1 Å². The second kappa shape index (κ2) is 5.74. The third kappa shape index (κ3) is 2.97. The number of ether oxygens (including phenoxy) is 1. The quantitative estimate of drug-likeness (QED) is 0.813. The molecule has 2 fully saturated rings. The van der Waals surface area contributed by atoms with Crippen molar-refractivity contribution in [3.63, 3.8) is 0 Å². The number of nitrogens with one attached hydrogen (secondary N) is 3. The van der Waals surface area contributed by atoms with Crippen molar-refractivity contribution in [1.82, 2.24) is 15.6 Å². The largest absolute Gasteiger partial charge is 0.441 e. The van der Waals surface area contributed by atoms with Gasteiger partial charge in [-0.1, -0.05) is 0 Å². The van der Waals surface area contributed by atoms with E-state index < -0.39 is 0 Å². The van der Waals surface area contributed by atoms with Crippen LogP contribution >= 0.6 is 0 Å². The van der Waals surface area contributed by atoms with Crippen LogP contribution in [-0.4, -0.2) is 29.0 Å². The molecular weight excluding hydrogens is 290 g/mol. The van der Waals surface area contributed by atoms with Crippen LogP contribution in [0.3, 0.4) is 0 Å². The first-order valence-electron chi connectivity index (χ1n) is 8.18. The van der Waals surface area contributed by atoms with Crippen LogP contribution in [0.2, 0.25) is 0 Å². The van der Waals surface area contributed by atoms with Gasteiger partial charge in [-0.25, -0.2) is 0 Å². The Morgan fingerprint density at radius 1 is 1.17 bits per heavy atom. The molecule has 0 spiro atoms. The second-order valence-electron chi connectivity index (χ2n) is 6.50. The highest BCUT2D eigenvalue weighted by Gasteiger charge is 2.39. The molecule has 5 heteroatoms. The Morgan fingerprint density at radius 3 is 2.61 bits per heavy atom. The van der Waals surface area contributed by atoms with Gasteiger partial charge < -0.3 is 20.4 Å². The molecule has 2 aliphatic heterocycles. The maximum Gasteiger partial charge on any atom is 0.251 e. The fourth-order valence-electron chi connectivity index (χ4n) is 3.57. The lowest BCUT2D eigenvalue weighted by atomic mass is 9.95. The smallest absolute Gasteiger partial charge is 0.251 e. The van der Waals surface area contributed by atoms with Crippen molar-refractivity contribution in [2.24, 2.45) is 0 Å². The molecule has 0 saturated carbocycles. The topological polar surface area (TPSA) is 66.2 Å². The zero-order valence-electron chi connectivity index (χ0n) is 13.1. The number of carbonyl (C=O) groups is 1.